The van der Waals surface area contributed by atoms with Crippen molar-refractivity contribution < 1.29 is 20.1 Å². The van der Waals surface area contributed by atoms with Gasteiger partial charge in [-0.05, 0) is 37.5 Å². The highest BCUT2D eigenvalue weighted by atomic mass is 16.5. The maximum absolute atomic E-state index is 10.3. The van der Waals surface area contributed by atoms with Crippen LogP contribution in [0.1, 0.15) is 28.3 Å². The molecule has 4 heteroatoms. The maximum Gasteiger partial charge on any atom is 0.162 e. The molecule has 2 rings (SSSR count). The van der Waals surface area contributed by atoms with Crippen molar-refractivity contribution in [1.82, 2.24) is 0 Å². The lowest BCUT2D eigenvalue weighted by Gasteiger charge is -2.21. The Kier molecular flexibility index (Phi) is 7.64. The lowest BCUT2D eigenvalue weighted by Crippen LogP contribution is -3.09. The summed E-state index contributed by atoms with van der Waals surface area (Å²) >= 11 is 0. The number of aliphatic hydroxyl groups is 1. The van der Waals surface area contributed by atoms with Gasteiger partial charge in [0.05, 0.1) is 14.1 Å². The van der Waals surface area contributed by atoms with Gasteiger partial charge in [-0.25, -0.2) is 0 Å². The van der Waals surface area contributed by atoms with E-state index in [1.807, 2.05) is 13.0 Å². The van der Waals surface area contributed by atoms with E-state index >= 15 is 0 Å². The van der Waals surface area contributed by atoms with Crippen LogP contribution in [0.5, 0.6) is 5.75 Å². The second kappa shape index (κ2) is 9.72. The summed E-state index contributed by atoms with van der Waals surface area (Å²) in [7, 11) is 4.35. The number of rotatable bonds is 9. The molecule has 4 N–H and O–H groups in total. The minimum Gasteiger partial charge on any atom is -0.490 e. The minimum absolute atomic E-state index is 0.326. The lowest BCUT2D eigenvalue weighted by molar-refractivity contribution is -0.909. The zero-order valence-electron chi connectivity index (χ0n) is 16.8. The number of likely N-dealkylation sites (N-methyl/N-ethyl adjacent to an activating group) is 1. The maximum atomic E-state index is 10.3. The van der Waals surface area contributed by atoms with E-state index in [0.717, 1.165) is 23.4 Å². The Balaban J connectivity index is 1.83. The predicted octanol–water partition coefficient (Wildman–Crippen LogP) is 0.801. The minimum atomic E-state index is -0.483. The molecule has 26 heavy (non-hydrogen) atoms. The van der Waals surface area contributed by atoms with Crippen LogP contribution in [0.15, 0.2) is 42.5 Å². The smallest absolute Gasteiger partial charge is 0.162 e. The van der Waals surface area contributed by atoms with E-state index in [0.29, 0.717) is 19.2 Å². The summed E-state index contributed by atoms with van der Waals surface area (Å²) in [6.07, 6.45) is -0.483. The van der Waals surface area contributed by atoms with Crippen molar-refractivity contribution in [3.63, 3.8) is 0 Å². The summed E-state index contributed by atoms with van der Waals surface area (Å²) in [4.78, 5) is 1.39. The summed E-state index contributed by atoms with van der Waals surface area (Å²) in [5.74, 6) is 0.906. The van der Waals surface area contributed by atoms with Gasteiger partial charge in [0.1, 0.15) is 31.5 Å². The highest BCUT2D eigenvalue weighted by molar-refractivity contribution is 5.44. The zero-order chi connectivity index (χ0) is 19.1. The Bertz CT molecular complexity index is 686. The van der Waals surface area contributed by atoms with Crippen molar-refractivity contribution in [3.05, 3.63) is 64.7 Å². The van der Waals surface area contributed by atoms with Crippen molar-refractivity contribution in [2.45, 2.75) is 32.9 Å². The number of nitrogens with two attached hydrogens (primary N) is 1. The zero-order valence-corrected chi connectivity index (χ0v) is 16.8. The van der Waals surface area contributed by atoms with Crippen LogP contribution in [0, 0.1) is 20.8 Å². The van der Waals surface area contributed by atoms with E-state index in [2.05, 4.69) is 69.7 Å². The monoisotopic (exact) mass is 358 g/mol. The van der Waals surface area contributed by atoms with E-state index in [1.165, 1.54) is 16.0 Å². The number of benzene rings is 2. The topological polar surface area (TPSA) is 50.5 Å². The van der Waals surface area contributed by atoms with Gasteiger partial charge in [-0.15, -0.1) is 0 Å². The molecule has 2 atom stereocenters. The molecular formula is C22H34N2O2+2. The van der Waals surface area contributed by atoms with Gasteiger partial charge in [0, 0.05) is 5.56 Å². The molecule has 0 spiro atoms. The molecule has 4 nitrogen and oxygen atoms in total. The van der Waals surface area contributed by atoms with Crippen molar-refractivity contribution in [3.8, 4) is 5.75 Å². The number of hydrogen-bond donors (Lipinski definition) is 3. The Hall–Kier alpha value is -1.88. The molecule has 0 heterocycles. The molecule has 0 bridgehead atoms. The van der Waals surface area contributed by atoms with E-state index in [-0.39, 0.29) is 0 Å². The Labute approximate surface area is 157 Å². The lowest BCUT2D eigenvalue weighted by atomic mass is 10.1. The SMILES string of the molecule is Cc1ccc(C)c(OC[C@@H](O)C[NH2+]C[C@@H](c2ccccc2)[NH+](C)C)c1C. The normalized spacial score (nSPS) is 13.7. The molecule has 0 saturated carbocycles. The molecule has 0 amide bonds. The molecule has 0 aromatic heterocycles. The number of ether oxygens (including phenoxy) is 1. The molecule has 2 aromatic rings. The van der Waals surface area contributed by atoms with Gasteiger partial charge in [-0.3, -0.25) is 0 Å². The van der Waals surface area contributed by atoms with Crippen LogP contribution in [-0.2, 0) is 0 Å². The highest BCUT2D eigenvalue weighted by Crippen LogP contribution is 2.25. The van der Waals surface area contributed by atoms with Gasteiger partial charge in [-0.2, -0.15) is 0 Å². The van der Waals surface area contributed by atoms with Gasteiger partial charge in [-0.1, -0.05) is 42.5 Å². The third-order valence-corrected chi connectivity index (χ3v) is 5.03. The molecule has 2 aromatic carbocycles. The van der Waals surface area contributed by atoms with Crippen LogP contribution in [-0.4, -0.2) is 45.0 Å². The summed E-state index contributed by atoms with van der Waals surface area (Å²) in [5.41, 5.74) is 4.82. The molecule has 0 aliphatic carbocycles. The fraction of sp³-hybridized carbons (Fsp3) is 0.455. The van der Waals surface area contributed by atoms with E-state index in [9.17, 15) is 5.11 Å². The molecule has 0 radical (unpaired) electrons. The highest BCUT2D eigenvalue weighted by Gasteiger charge is 2.20. The van der Waals surface area contributed by atoms with Crippen molar-refractivity contribution in [2.75, 3.05) is 33.8 Å². The largest absolute Gasteiger partial charge is 0.490 e. The van der Waals surface area contributed by atoms with E-state index in [4.69, 9.17) is 4.74 Å². The quantitative estimate of drug-likeness (QED) is 0.621. The van der Waals surface area contributed by atoms with Crippen molar-refractivity contribution in [2.24, 2.45) is 0 Å². The first-order chi connectivity index (χ1) is 12.4. The number of hydrogen-bond acceptors (Lipinski definition) is 2. The van der Waals surface area contributed by atoms with Gasteiger partial charge in [0.15, 0.2) is 6.04 Å². The average molecular weight is 359 g/mol. The Morgan fingerprint density at radius 3 is 2.27 bits per heavy atom. The average Bonchev–Trinajstić information content (AvgIpc) is 2.62. The molecule has 0 aliphatic heterocycles. The number of quaternary nitrogens is 2. The standard InChI is InChI=1S/C22H32N2O2/c1-16-11-12-17(2)22(18(16)3)26-15-20(25)13-23-14-21(24(4)5)19-9-7-6-8-10-19/h6-12,20-21,23,25H,13-15H2,1-5H3/p+2/t20-,21-/m0/s1. The third-order valence-electron chi connectivity index (χ3n) is 5.03. The fourth-order valence-corrected chi connectivity index (χ4v) is 3.24. The predicted molar refractivity (Wildman–Crippen MR) is 106 cm³/mol. The summed E-state index contributed by atoms with van der Waals surface area (Å²) < 4.78 is 5.92. The first-order valence-electron chi connectivity index (χ1n) is 9.44. The van der Waals surface area contributed by atoms with Gasteiger partial charge in [0.2, 0.25) is 0 Å². The van der Waals surface area contributed by atoms with Gasteiger partial charge < -0.3 is 20.1 Å². The fourth-order valence-electron chi connectivity index (χ4n) is 3.24. The molecule has 0 aliphatic rings. The van der Waals surface area contributed by atoms with Crippen molar-refractivity contribution in [1.29, 1.82) is 0 Å². The van der Waals surface area contributed by atoms with Crippen LogP contribution >= 0.6 is 0 Å². The number of aliphatic hydroxyl groups excluding tert-OH is 1. The third kappa shape index (κ3) is 5.56. The van der Waals surface area contributed by atoms with E-state index in [1.54, 1.807) is 0 Å². The molecule has 0 unspecified atom stereocenters. The Morgan fingerprint density at radius 2 is 1.62 bits per heavy atom. The number of nitrogens with one attached hydrogen (secondary N) is 1. The first kappa shape index (κ1) is 20.4. The first-order valence-corrected chi connectivity index (χ1v) is 9.44. The van der Waals surface area contributed by atoms with Crippen molar-refractivity contribution >= 4 is 0 Å². The van der Waals surface area contributed by atoms with Crippen LogP contribution < -0.4 is 15.0 Å². The van der Waals surface area contributed by atoms with Crippen LogP contribution in [0.3, 0.4) is 0 Å². The molecule has 0 saturated heterocycles. The second-order valence-corrected chi connectivity index (χ2v) is 7.42. The van der Waals surface area contributed by atoms with Crippen LogP contribution in [0.25, 0.3) is 0 Å². The molecular weight excluding hydrogens is 324 g/mol. The van der Waals surface area contributed by atoms with Gasteiger partial charge in [0.25, 0.3) is 0 Å². The van der Waals surface area contributed by atoms with Crippen LogP contribution in [0.2, 0.25) is 0 Å². The summed E-state index contributed by atoms with van der Waals surface area (Å²) in [6.45, 7) is 8.10. The molecule has 142 valence electrons. The summed E-state index contributed by atoms with van der Waals surface area (Å²) in [6, 6.07) is 15.1. The summed E-state index contributed by atoms with van der Waals surface area (Å²) in [5, 5.41) is 12.5. The molecule has 0 fully saturated rings. The van der Waals surface area contributed by atoms with E-state index < -0.39 is 6.10 Å². The second-order valence-electron chi connectivity index (χ2n) is 7.42. The number of aryl methyl sites for hydroxylation is 2. The van der Waals surface area contributed by atoms with Crippen LogP contribution in [0.4, 0.5) is 0 Å². The Morgan fingerprint density at radius 1 is 0.962 bits per heavy atom. The van der Waals surface area contributed by atoms with Gasteiger partial charge >= 0.3 is 0 Å².